The van der Waals surface area contributed by atoms with Crippen LogP contribution in [-0.2, 0) is 19.1 Å². The molecule has 0 aromatic rings. The monoisotopic (exact) mass is 216 g/mol. The summed E-state index contributed by atoms with van der Waals surface area (Å²) in [6.07, 6.45) is -1.42. The predicted octanol–water partition coefficient (Wildman–Crippen LogP) is 0.239. The van der Waals surface area contributed by atoms with Crippen molar-refractivity contribution in [2.75, 3.05) is 6.61 Å². The number of ketones is 2. The molecule has 0 aromatic heterocycles. The number of aliphatic hydroxyl groups excluding tert-OH is 1. The summed E-state index contributed by atoms with van der Waals surface area (Å²) < 4.78 is 4.57. The normalized spacial score (nSPS) is 11.9. The van der Waals surface area contributed by atoms with Crippen LogP contribution in [0.4, 0.5) is 0 Å². The van der Waals surface area contributed by atoms with Gasteiger partial charge in [-0.3, -0.25) is 14.4 Å². The highest BCUT2D eigenvalue weighted by atomic mass is 16.5. The van der Waals surface area contributed by atoms with Crippen LogP contribution in [-0.4, -0.2) is 35.4 Å². The molecule has 0 spiro atoms. The van der Waals surface area contributed by atoms with Gasteiger partial charge in [-0.2, -0.15) is 0 Å². The maximum atomic E-state index is 11.1. The third kappa shape index (κ3) is 6.79. The molecule has 0 rings (SSSR count). The molecule has 0 saturated heterocycles. The minimum absolute atomic E-state index is 0.0253. The Morgan fingerprint density at radius 1 is 1.27 bits per heavy atom. The topological polar surface area (TPSA) is 80.7 Å². The Kier molecular flexibility index (Phi) is 6.53. The van der Waals surface area contributed by atoms with Crippen molar-refractivity contribution in [2.45, 2.75) is 39.2 Å². The molecular weight excluding hydrogens is 200 g/mol. The fourth-order valence-electron chi connectivity index (χ4n) is 0.933. The summed E-state index contributed by atoms with van der Waals surface area (Å²) in [4.78, 5) is 32.9. The van der Waals surface area contributed by atoms with Crippen LogP contribution in [0.1, 0.15) is 33.1 Å². The van der Waals surface area contributed by atoms with Crippen LogP contribution in [0.15, 0.2) is 0 Å². The Bertz CT molecular complexity index is 244. The lowest BCUT2D eigenvalue weighted by Crippen LogP contribution is -2.18. The average molecular weight is 216 g/mol. The molecule has 1 unspecified atom stereocenters. The first-order valence-corrected chi connectivity index (χ1v) is 4.85. The van der Waals surface area contributed by atoms with Crippen LogP contribution in [0.5, 0.6) is 0 Å². The quantitative estimate of drug-likeness (QED) is 0.487. The molecule has 0 saturated carbocycles. The van der Waals surface area contributed by atoms with Crippen LogP contribution < -0.4 is 0 Å². The number of aliphatic hydroxyl groups is 1. The zero-order valence-corrected chi connectivity index (χ0v) is 8.99. The van der Waals surface area contributed by atoms with Crippen molar-refractivity contribution in [2.24, 2.45) is 0 Å². The molecule has 86 valence electrons. The summed E-state index contributed by atoms with van der Waals surface area (Å²) in [6, 6.07) is 0. The molecule has 0 amide bonds. The van der Waals surface area contributed by atoms with Gasteiger partial charge in [-0.05, 0) is 13.8 Å². The van der Waals surface area contributed by atoms with E-state index in [2.05, 4.69) is 4.74 Å². The van der Waals surface area contributed by atoms with E-state index in [4.69, 9.17) is 5.11 Å². The minimum atomic E-state index is -1.06. The number of rotatable bonds is 7. The molecular formula is C10H16O5. The zero-order valence-electron chi connectivity index (χ0n) is 8.99. The third-order valence-corrected chi connectivity index (χ3v) is 1.76. The van der Waals surface area contributed by atoms with E-state index in [1.165, 1.54) is 6.92 Å². The second-order valence-corrected chi connectivity index (χ2v) is 3.16. The van der Waals surface area contributed by atoms with Gasteiger partial charge < -0.3 is 9.84 Å². The first kappa shape index (κ1) is 13.8. The molecule has 1 atom stereocenters. The molecule has 0 aliphatic carbocycles. The molecule has 15 heavy (non-hydrogen) atoms. The lowest BCUT2D eigenvalue weighted by atomic mass is 10.1. The van der Waals surface area contributed by atoms with Crippen LogP contribution in [0.2, 0.25) is 0 Å². The molecule has 0 fully saturated rings. The van der Waals surface area contributed by atoms with Crippen molar-refractivity contribution in [3.05, 3.63) is 0 Å². The molecule has 0 bridgehead atoms. The number of carbonyl (C=O) groups is 3. The Balaban J connectivity index is 3.75. The van der Waals surface area contributed by atoms with E-state index in [0.717, 1.165) is 0 Å². The number of esters is 1. The Labute approximate surface area is 88.4 Å². The van der Waals surface area contributed by atoms with Gasteiger partial charge in [0, 0.05) is 12.8 Å². The van der Waals surface area contributed by atoms with Gasteiger partial charge in [-0.25, -0.2) is 0 Å². The van der Waals surface area contributed by atoms with Gasteiger partial charge in [0.2, 0.25) is 0 Å². The van der Waals surface area contributed by atoms with Gasteiger partial charge in [-0.1, -0.05) is 0 Å². The molecule has 0 aromatic carbocycles. The fourth-order valence-corrected chi connectivity index (χ4v) is 0.933. The molecule has 0 radical (unpaired) electrons. The number of hydrogen-bond acceptors (Lipinski definition) is 5. The second-order valence-electron chi connectivity index (χ2n) is 3.16. The maximum absolute atomic E-state index is 11.1. The summed E-state index contributed by atoms with van der Waals surface area (Å²) in [6.45, 7) is 3.23. The number of hydrogen-bond donors (Lipinski definition) is 1. The summed E-state index contributed by atoms with van der Waals surface area (Å²) in [5, 5.41) is 8.85. The second kappa shape index (κ2) is 7.11. The first-order chi connectivity index (χ1) is 6.97. The molecule has 0 aliphatic heterocycles. The minimum Gasteiger partial charge on any atom is -0.466 e. The fraction of sp³-hybridized carbons (Fsp3) is 0.700. The van der Waals surface area contributed by atoms with Crippen LogP contribution in [0.25, 0.3) is 0 Å². The number of ether oxygens (including phenoxy) is 1. The Morgan fingerprint density at radius 3 is 2.33 bits per heavy atom. The zero-order chi connectivity index (χ0) is 11.8. The van der Waals surface area contributed by atoms with E-state index in [1.807, 2.05) is 0 Å². The molecule has 0 aliphatic rings. The molecule has 5 nitrogen and oxygen atoms in total. The Hall–Kier alpha value is -1.23. The van der Waals surface area contributed by atoms with E-state index < -0.39 is 17.9 Å². The standard InChI is InChI=1S/C10H16O5/c1-3-15-10(14)6-8(12)4-5-9(13)7(2)11/h7,11H,3-6H2,1-2H3. The van der Waals surface area contributed by atoms with Gasteiger partial charge >= 0.3 is 5.97 Å². The van der Waals surface area contributed by atoms with Crippen molar-refractivity contribution < 1.29 is 24.2 Å². The predicted molar refractivity (Wildman–Crippen MR) is 52.2 cm³/mol. The van der Waals surface area contributed by atoms with Gasteiger partial charge in [0.1, 0.15) is 18.3 Å². The van der Waals surface area contributed by atoms with Crippen LogP contribution in [0.3, 0.4) is 0 Å². The van der Waals surface area contributed by atoms with Gasteiger partial charge in [0.15, 0.2) is 5.78 Å². The Morgan fingerprint density at radius 2 is 1.87 bits per heavy atom. The lowest BCUT2D eigenvalue weighted by molar-refractivity contribution is -0.146. The van der Waals surface area contributed by atoms with E-state index in [1.54, 1.807) is 6.92 Å². The molecule has 0 heterocycles. The maximum Gasteiger partial charge on any atom is 0.313 e. The molecule has 1 N–H and O–H groups in total. The highest BCUT2D eigenvalue weighted by molar-refractivity contribution is 5.97. The van der Waals surface area contributed by atoms with E-state index >= 15 is 0 Å². The highest BCUT2D eigenvalue weighted by Gasteiger charge is 2.14. The third-order valence-electron chi connectivity index (χ3n) is 1.76. The SMILES string of the molecule is CCOC(=O)CC(=O)CCC(=O)C(C)O. The van der Waals surface area contributed by atoms with Gasteiger partial charge in [-0.15, -0.1) is 0 Å². The van der Waals surface area contributed by atoms with Crippen LogP contribution in [0, 0.1) is 0 Å². The van der Waals surface area contributed by atoms with E-state index in [0.29, 0.717) is 0 Å². The largest absolute Gasteiger partial charge is 0.466 e. The van der Waals surface area contributed by atoms with E-state index in [-0.39, 0.29) is 31.7 Å². The highest BCUT2D eigenvalue weighted by Crippen LogP contribution is 2.00. The summed E-state index contributed by atoms with van der Waals surface area (Å²) in [5.41, 5.74) is 0. The van der Waals surface area contributed by atoms with E-state index in [9.17, 15) is 14.4 Å². The van der Waals surface area contributed by atoms with Crippen molar-refractivity contribution in [1.29, 1.82) is 0 Å². The van der Waals surface area contributed by atoms with Crippen molar-refractivity contribution in [1.82, 2.24) is 0 Å². The summed E-state index contributed by atoms with van der Waals surface area (Å²) in [5.74, 6) is -1.32. The summed E-state index contributed by atoms with van der Waals surface area (Å²) in [7, 11) is 0. The lowest BCUT2D eigenvalue weighted by Gasteiger charge is -2.03. The smallest absolute Gasteiger partial charge is 0.313 e. The first-order valence-electron chi connectivity index (χ1n) is 4.85. The van der Waals surface area contributed by atoms with Crippen molar-refractivity contribution in [3.63, 3.8) is 0 Å². The van der Waals surface area contributed by atoms with Gasteiger partial charge in [0.05, 0.1) is 6.61 Å². The van der Waals surface area contributed by atoms with Crippen molar-refractivity contribution >= 4 is 17.5 Å². The average Bonchev–Trinajstić information content (AvgIpc) is 2.14. The number of Topliss-reactive ketones (excluding diaryl/α,β-unsaturated/α-hetero) is 2. The number of carbonyl (C=O) groups excluding carboxylic acids is 3. The van der Waals surface area contributed by atoms with Gasteiger partial charge in [0.25, 0.3) is 0 Å². The van der Waals surface area contributed by atoms with Crippen LogP contribution >= 0.6 is 0 Å². The molecule has 5 heteroatoms. The summed E-state index contributed by atoms with van der Waals surface area (Å²) >= 11 is 0. The van der Waals surface area contributed by atoms with Crippen molar-refractivity contribution in [3.8, 4) is 0 Å².